The molecule has 16 heavy (non-hydrogen) atoms. The maximum Gasteiger partial charge on any atom is 0.264 e. The summed E-state index contributed by atoms with van der Waals surface area (Å²) in [6.45, 7) is 1.47. The van der Waals surface area contributed by atoms with Gasteiger partial charge in [-0.1, -0.05) is 0 Å². The topological polar surface area (TPSA) is 55.0 Å². The Morgan fingerprint density at radius 3 is 2.75 bits per heavy atom. The van der Waals surface area contributed by atoms with Crippen molar-refractivity contribution in [2.75, 3.05) is 13.2 Å². The molecule has 1 atom stereocenters. The zero-order valence-corrected chi connectivity index (χ0v) is 11.0. The maximum atomic E-state index is 11.8. The van der Waals surface area contributed by atoms with Gasteiger partial charge in [0.2, 0.25) is 0 Å². The maximum absolute atomic E-state index is 11.8. The van der Waals surface area contributed by atoms with Crippen molar-refractivity contribution in [1.82, 2.24) is 9.97 Å². The normalized spacial score (nSPS) is 24.9. The summed E-state index contributed by atoms with van der Waals surface area (Å²) in [6.07, 6.45) is 3.31. The fourth-order valence-corrected chi connectivity index (χ4v) is 2.76. The molecule has 0 bridgehead atoms. The lowest BCUT2D eigenvalue weighted by Crippen LogP contribution is -2.20. The number of aromatic nitrogens is 2. The number of nitrogens with one attached hydrogen (secondary N) is 1. The molecule has 1 aliphatic heterocycles. The first-order chi connectivity index (χ1) is 7.75. The Bertz CT molecular complexity index is 462. The molecule has 2 aliphatic rings. The third-order valence-electron chi connectivity index (χ3n) is 3.19. The highest BCUT2D eigenvalue weighted by atomic mass is 127. The molecule has 1 aliphatic carbocycles. The highest BCUT2D eigenvalue weighted by molar-refractivity contribution is 14.1. The van der Waals surface area contributed by atoms with Gasteiger partial charge in [-0.2, -0.15) is 0 Å². The second kappa shape index (κ2) is 4.10. The zero-order valence-electron chi connectivity index (χ0n) is 8.83. The van der Waals surface area contributed by atoms with Crippen molar-refractivity contribution in [2.24, 2.45) is 0 Å². The Hall–Kier alpha value is -0.430. The lowest BCUT2D eigenvalue weighted by molar-refractivity contribution is 0.193. The average Bonchev–Trinajstić information content (AvgIpc) is 2.96. The third kappa shape index (κ3) is 1.90. The van der Waals surface area contributed by atoms with Crippen LogP contribution in [0.1, 0.15) is 42.6 Å². The van der Waals surface area contributed by atoms with Gasteiger partial charge in [0, 0.05) is 18.4 Å². The van der Waals surface area contributed by atoms with Crippen molar-refractivity contribution in [1.29, 1.82) is 0 Å². The SMILES string of the molecule is O=c1[nH]c(C2CCOC2)nc(C2CC2)c1I. The van der Waals surface area contributed by atoms with E-state index < -0.39 is 0 Å². The number of nitrogens with zero attached hydrogens (tertiary/aromatic N) is 1. The van der Waals surface area contributed by atoms with Crippen LogP contribution in [0, 0.1) is 3.57 Å². The van der Waals surface area contributed by atoms with Gasteiger partial charge in [0.1, 0.15) is 5.82 Å². The minimum atomic E-state index is 0.0133. The van der Waals surface area contributed by atoms with Gasteiger partial charge in [-0.15, -0.1) is 0 Å². The number of hydrogen-bond donors (Lipinski definition) is 1. The highest BCUT2D eigenvalue weighted by Gasteiger charge is 2.30. The summed E-state index contributed by atoms with van der Waals surface area (Å²) in [6, 6.07) is 0. The van der Waals surface area contributed by atoms with Crippen LogP contribution in [0.5, 0.6) is 0 Å². The fourth-order valence-electron chi connectivity index (χ4n) is 2.07. The fraction of sp³-hybridized carbons (Fsp3) is 0.636. The van der Waals surface area contributed by atoms with Gasteiger partial charge in [-0.25, -0.2) is 4.98 Å². The molecule has 1 saturated carbocycles. The van der Waals surface area contributed by atoms with E-state index in [2.05, 4.69) is 32.6 Å². The summed E-state index contributed by atoms with van der Waals surface area (Å²) >= 11 is 2.10. The first-order valence-electron chi connectivity index (χ1n) is 5.63. The van der Waals surface area contributed by atoms with Crippen molar-refractivity contribution in [3.63, 3.8) is 0 Å². The van der Waals surface area contributed by atoms with E-state index >= 15 is 0 Å². The number of rotatable bonds is 2. The molecule has 3 rings (SSSR count). The van der Waals surface area contributed by atoms with E-state index in [1.54, 1.807) is 0 Å². The van der Waals surface area contributed by atoms with E-state index in [1.807, 2.05) is 0 Å². The largest absolute Gasteiger partial charge is 0.381 e. The highest BCUT2D eigenvalue weighted by Crippen LogP contribution is 2.40. The molecular weight excluding hydrogens is 319 g/mol. The third-order valence-corrected chi connectivity index (χ3v) is 4.23. The van der Waals surface area contributed by atoms with Crippen molar-refractivity contribution in [2.45, 2.75) is 31.1 Å². The van der Waals surface area contributed by atoms with E-state index in [0.717, 1.165) is 28.1 Å². The van der Waals surface area contributed by atoms with Crippen LogP contribution in [0.15, 0.2) is 4.79 Å². The van der Waals surface area contributed by atoms with Crippen molar-refractivity contribution >= 4 is 22.6 Å². The van der Waals surface area contributed by atoms with E-state index in [9.17, 15) is 4.79 Å². The quantitative estimate of drug-likeness (QED) is 0.840. The molecule has 2 heterocycles. The number of aromatic amines is 1. The Labute approximate surface area is 107 Å². The standard InChI is InChI=1S/C11H13IN2O2/c12-8-9(6-1-2-6)13-10(14-11(8)15)7-3-4-16-5-7/h6-7H,1-5H2,(H,13,14,15). The molecule has 86 valence electrons. The summed E-state index contributed by atoms with van der Waals surface area (Å²) in [5.41, 5.74) is 1.02. The van der Waals surface area contributed by atoms with Gasteiger partial charge in [-0.05, 0) is 41.9 Å². The van der Waals surface area contributed by atoms with Gasteiger partial charge < -0.3 is 9.72 Å². The second-order valence-electron chi connectivity index (χ2n) is 4.49. The van der Waals surface area contributed by atoms with Crippen molar-refractivity contribution < 1.29 is 4.74 Å². The lowest BCUT2D eigenvalue weighted by atomic mass is 10.1. The number of ether oxygens (including phenoxy) is 1. The molecule has 1 unspecified atom stereocenters. The molecule has 0 spiro atoms. The van der Waals surface area contributed by atoms with Crippen LogP contribution in [0.4, 0.5) is 0 Å². The van der Waals surface area contributed by atoms with Crippen LogP contribution in [0.2, 0.25) is 0 Å². The summed E-state index contributed by atoms with van der Waals surface area (Å²) in [5, 5.41) is 0. The van der Waals surface area contributed by atoms with Crippen LogP contribution >= 0.6 is 22.6 Å². The smallest absolute Gasteiger partial charge is 0.264 e. The monoisotopic (exact) mass is 332 g/mol. The number of hydrogen-bond acceptors (Lipinski definition) is 3. The predicted molar refractivity (Wildman–Crippen MR) is 67.7 cm³/mol. The molecule has 0 radical (unpaired) electrons. The summed E-state index contributed by atoms with van der Waals surface area (Å²) in [4.78, 5) is 19.3. The Morgan fingerprint density at radius 2 is 2.12 bits per heavy atom. The average molecular weight is 332 g/mol. The molecule has 1 N–H and O–H groups in total. The Morgan fingerprint density at radius 1 is 1.31 bits per heavy atom. The van der Waals surface area contributed by atoms with Gasteiger partial charge in [-0.3, -0.25) is 4.79 Å². The predicted octanol–water partition coefficient (Wildman–Crippen LogP) is 1.76. The minimum Gasteiger partial charge on any atom is -0.381 e. The second-order valence-corrected chi connectivity index (χ2v) is 5.56. The van der Waals surface area contributed by atoms with Crippen LogP contribution in [0.25, 0.3) is 0 Å². The van der Waals surface area contributed by atoms with Gasteiger partial charge >= 0.3 is 0 Å². The van der Waals surface area contributed by atoms with Gasteiger partial charge in [0.25, 0.3) is 5.56 Å². The molecule has 1 aromatic rings. The minimum absolute atomic E-state index is 0.0133. The molecular formula is C11H13IN2O2. The van der Waals surface area contributed by atoms with Crippen molar-refractivity contribution in [3.8, 4) is 0 Å². The Kier molecular flexibility index (Phi) is 2.75. The number of halogens is 1. The van der Waals surface area contributed by atoms with Crippen molar-refractivity contribution in [3.05, 3.63) is 25.4 Å². The summed E-state index contributed by atoms with van der Waals surface area (Å²) in [7, 11) is 0. The van der Waals surface area contributed by atoms with Crippen LogP contribution in [-0.4, -0.2) is 23.2 Å². The van der Waals surface area contributed by atoms with Crippen LogP contribution in [-0.2, 0) is 4.74 Å². The number of H-pyrrole nitrogens is 1. The first kappa shape index (κ1) is 10.7. The van der Waals surface area contributed by atoms with Gasteiger partial charge in [0.05, 0.1) is 15.9 Å². The summed E-state index contributed by atoms with van der Waals surface area (Å²) in [5.74, 6) is 1.63. The lowest BCUT2D eigenvalue weighted by Gasteiger charge is -2.09. The Balaban J connectivity index is 2.02. The molecule has 1 aromatic heterocycles. The van der Waals surface area contributed by atoms with E-state index in [-0.39, 0.29) is 11.5 Å². The molecule has 1 saturated heterocycles. The van der Waals surface area contributed by atoms with E-state index in [1.165, 1.54) is 12.8 Å². The van der Waals surface area contributed by atoms with E-state index in [4.69, 9.17) is 4.74 Å². The molecule has 4 nitrogen and oxygen atoms in total. The summed E-state index contributed by atoms with van der Waals surface area (Å²) < 4.78 is 6.10. The molecule has 2 fully saturated rings. The van der Waals surface area contributed by atoms with Gasteiger partial charge in [0.15, 0.2) is 0 Å². The zero-order chi connectivity index (χ0) is 11.1. The van der Waals surface area contributed by atoms with Crippen LogP contribution in [0.3, 0.4) is 0 Å². The van der Waals surface area contributed by atoms with Crippen LogP contribution < -0.4 is 5.56 Å². The molecule has 0 aromatic carbocycles. The molecule has 5 heteroatoms. The molecule has 0 amide bonds. The first-order valence-corrected chi connectivity index (χ1v) is 6.71. The van der Waals surface area contributed by atoms with E-state index in [0.29, 0.717) is 12.5 Å².